The van der Waals surface area contributed by atoms with E-state index in [9.17, 15) is 4.79 Å². The van der Waals surface area contributed by atoms with E-state index in [2.05, 4.69) is 15.1 Å². The molecule has 122 valence electrons. The van der Waals surface area contributed by atoms with Gasteiger partial charge in [0.05, 0.1) is 24.5 Å². The number of hydrogen-bond acceptors (Lipinski definition) is 5. The van der Waals surface area contributed by atoms with E-state index < -0.39 is 0 Å². The second-order valence-corrected chi connectivity index (χ2v) is 6.80. The fourth-order valence-corrected chi connectivity index (χ4v) is 3.89. The molecule has 1 fully saturated rings. The molecular formula is C17H17N5OS. The molecule has 3 aromatic heterocycles. The lowest BCUT2D eigenvalue weighted by atomic mass is 10.2. The zero-order valence-electron chi connectivity index (χ0n) is 13.1. The monoisotopic (exact) mass is 339 g/mol. The van der Waals surface area contributed by atoms with Crippen LogP contribution in [0.1, 0.15) is 22.5 Å². The normalized spacial score (nSPS) is 17.3. The quantitative estimate of drug-likeness (QED) is 0.733. The summed E-state index contributed by atoms with van der Waals surface area (Å²) in [6, 6.07) is 7.80. The van der Waals surface area contributed by atoms with E-state index in [-0.39, 0.29) is 11.9 Å². The van der Waals surface area contributed by atoms with Crippen molar-refractivity contribution in [2.75, 3.05) is 6.54 Å². The number of pyridine rings is 1. The number of likely N-dealkylation sites (tertiary alicyclic amines) is 1. The minimum atomic E-state index is 0.0596. The Labute approximate surface area is 143 Å². The summed E-state index contributed by atoms with van der Waals surface area (Å²) in [5, 5.41) is 5.03. The first-order valence-corrected chi connectivity index (χ1v) is 8.78. The van der Waals surface area contributed by atoms with Gasteiger partial charge in [0.15, 0.2) is 0 Å². The molecule has 1 aliphatic heterocycles. The topological polar surface area (TPSA) is 63.9 Å². The van der Waals surface area contributed by atoms with E-state index in [0.717, 1.165) is 36.6 Å². The standard InChI is InChI=1S/C17H17N5OS/c23-17(15-11-19-16(24-15)14-6-1-2-7-18-14)22-10-3-5-13(22)12-21-9-4-8-20-21/h1-2,4,6-9,11,13H,3,5,10,12H2/t13-/m0/s1. The summed E-state index contributed by atoms with van der Waals surface area (Å²) >= 11 is 1.40. The highest BCUT2D eigenvalue weighted by Gasteiger charge is 2.30. The highest BCUT2D eigenvalue weighted by Crippen LogP contribution is 2.27. The van der Waals surface area contributed by atoms with Crippen molar-refractivity contribution >= 4 is 17.2 Å². The molecule has 0 aromatic carbocycles. The number of carbonyl (C=O) groups is 1. The van der Waals surface area contributed by atoms with E-state index in [1.54, 1.807) is 18.6 Å². The molecule has 4 heterocycles. The Kier molecular flexibility index (Phi) is 4.08. The summed E-state index contributed by atoms with van der Waals surface area (Å²) in [6.45, 7) is 1.53. The summed E-state index contributed by atoms with van der Waals surface area (Å²) < 4.78 is 1.89. The molecule has 7 heteroatoms. The van der Waals surface area contributed by atoms with E-state index in [0.29, 0.717) is 4.88 Å². The summed E-state index contributed by atoms with van der Waals surface area (Å²) in [7, 11) is 0. The van der Waals surface area contributed by atoms with Crippen LogP contribution in [-0.4, -0.2) is 43.1 Å². The molecule has 0 spiro atoms. The van der Waals surface area contributed by atoms with Gasteiger partial charge in [0.2, 0.25) is 0 Å². The largest absolute Gasteiger partial charge is 0.333 e. The van der Waals surface area contributed by atoms with E-state index >= 15 is 0 Å². The van der Waals surface area contributed by atoms with Crippen molar-refractivity contribution in [3.63, 3.8) is 0 Å². The van der Waals surface area contributed by atoms with Crippen molar-refractivity contribution in [1.82, 2.24) is 24.6 Å². The summed E-state index contributed by atoms with van der Waals surface area (Å²) in [6.07, 6.45) is 9.15. The Morgan fingerprint density at radius 3 is 3.00 bits per heavy atom. The second-order valence-electron chi connectivity index (χ2n) is 5.77. The molecule has 3 aromatic rings. The molecule has 0 aliphatic carbocycles. The summed E-state index contributed by atoms with van der Waals surface area (Å²) in [4.78, 5) is 24.2. The maximum Gasteiger partial charge on any atom is 0.265 e. The molecule has 4 rings (SSSR count). The maximum atomic E-state index is 12.9. The van der Waals surface area contributed by atoms with Crippen molar-refractivity contribution in [3.05, 3.63) is 53.9 Å². The molecule has 0 saturated carbocycles. The molecule has 1 amide bonds. The van der Waals surface area contributed by atoms with E-state index in [1.807, 2.05) is 40.0 Å². The molecule has 0 bridgehead atoms. The van der Waals surface area contributed by atoms with Gasteiger partial charge in [-0.05, 0) is 31.0 Å². The Hall–Kier alpha value is -2.54. The zero-order valence-corrected chi connectivity index (χ0v) is 13.9. The Balaban J connectivity index is 1.52. The van der Waals surface area contributed by atoms with Gasteiger partial charge in [-0.2, -0.15) is 5.10 Å². The SMILES string of the molecule is O=C(c1cnc(-c2ccccn2)s1)N1CCC[C@H]1Cn1cccn1. The van der Waals surface area contributed by atoms with Gasteiger partial charge in [-0.1, -0.05) is 6.07 Å². The first-order chi connectivity index (χ1) is 11.8. The number of rotatable bonds is 4. The minimum Gasteiger partial charge on any atom is -0.333 e. The number of aromatic nitrogens is 4. The first-order valence-electron chi connectivity index (χ1n) is 7.97. The molecule has 0 N–H and O–H groups in total. The number of amides is 1. The number of hydrogen-bond donors (Lipinski definition) is 0. The molecule has 0 unspecified atom stereocenters. The van der Waals surface area contributed by atoms with Crippen LogP contribution >= 0.6 is 11.3 Å². The third kappa shape index (κ3) is 2.94. The van der Waals surface area contributed by atoms with Crippen LogP contribution in [0, 0.1) is 0 Å². The van der Waals surface area contributed by atoms with Gasteiger partial charge < -0.3 is 4.90 Å². The molecule has 1 saturated heterocycles. The van der Waals surface area contributed by atoms with Crippen molar-refractivity contribution in [3.8, 4) is 10.7 Å². The lowest BCUT2D eigenvalue weighted by Crippen LogP contribution is -2.37. The van der Waals surface area contributed by atoms with Gasteiger partial charge in [-0.25, -0.2) is 4.98 Å². The van der Waals surface area contributed by atoms with Gasteiger partial charge in [-0.15, -0.1) is 11.3 Å². The number of thiazole rings is 1. The van der Waals surface area contributed by atoms with Gasteiger partial charge in [0.1, 0.15) is 9.88 Å². The van der Waals surface area contributed by atoms with Crippen molar-refractivity contribution < 1.29 is 4.79 Å². The average molecular weight is 339 g/mol. The van der Waals surface area contributed by atoms with Crippen molar-refractivity contribution in [1.29, 1.82) is 0 Å². The van der Waals surface area contributed by atoms with Crippen molar-refractivity contribution in [2.24, 2.45) is 0 Å². The van der Waals surface area contributed by atoms with E-state index in [1.165, 1.54) is 11.3 Å². The smallest absolute Gasteiger partial charge is 0.265 e. The predicted molar refractivity (Wildman–Crippen MR) is 91.6 cm³/mol. The van der Waals surface area contributed by atoms with Crippen LogP contribution in [0.5, 0.6) is 0 Å². The predicted octanol–water partition coefficient (Wildman–Crippen LogP) is 2.71. The van der Waals surface area contributed by atoms with Crippen LogP contribution in [0.15, 0.2) is 49.1 Å². The Morgan fingerprint density at radius 1 is 1.25 bits per heavy atom. The summed E-state index contributed by atoms with van der Waals surface area (Å²) in [5.41, 5.74) is 0.802. The van der Waals surface area contributed by atoms with Crippen LogP contribution in [0.4, 0.5) is 0 Å². The fourth-order valence-electron chi connectivity index (χ4n) is 3.04. The minimum absolute atomic E-state index is 0.0596. The van der Waals surface area contributed by atoms with Crippen LogP contribution in [0.2, 0.25) is 0 Å². The van der Waals surface area contributed by atoms with Crippen LogP contribution < -0.4 is 0 Å². The molecule has 1 aliphatic rings. The molecule has 1 atom stereocenters. The third-order valence-electron chi connectivity index (χ3n) is 4.20. The maximum absolute atomic E-state index is 12.9. The summed E-state index contributed by atoms with van der Waals surface area (Å²) in [5.74, 6) is 0.0596. The molecule has 6 nitrogen and oxygen atoms in total. The van der Waals surface area contributed by atoms with Gasteiger partial charge in [0.25, 0.3) is 5.91 Å². The second kappa shape index (κ2) is 6.52. The lowest BCUT2D eigenvalue weighted by molar-refractivity contribution is 0.0726. The highest BCUT2D eigenvalue weighted by atomic mass is 32.1. The van der Waals surface area contributed by atoms with Gasteiger partial charge in [-0.3, -0.25) is 14.5 Å². The highest BCUT2D eigenvalue weighted by molar-refractivity contribution is 7.16. The zero-order chi connectivity index (χ0) is 16.4. The van der Waals surface area contributed by atoms with Crippen molar-refractivity contribution in [2.45, 2.75) is 25.4 Å². The first kappa shape index (κ1) is 15.0. The van der Waals surface area contributed by atoms with Crippen LogP contribution in [0.25, 0.3) is 10.7 Å². The molecular weight excluding hydrogens is 322 g/mol. The number of carbonyl (C=O) groups excluding carboxylic acids is 1. The average Bonchev–Trinajstić information content (AvgIpc) is 3.37. The van der Waals surface area contributed by atoms with Gasteiger partial charge in [0, 0.05) is 25.1 Å². The fraction of sp³-hybridized carbons (Fsp3) is 0.294. The Bertz CT molecular complexity index is 815. The number of nitrogens with zero attached hydrogens (tertiary/aromatic N) is 5. The lowest BCUT2D eigenvalue weighted by Gasteiger charge is -2.24. The van der Waals surface area contributed by atoms with E-state index in [4.69, 9.17) is 0 Å². The Morgan fingerprint density at radius 2 is 2.21 bits per heavy atom. The molecule has 0 radical (unpaired) electrons. The van der Waals surface area contributed by atoms with Crippen LogP contribution in [0.3, 0.4) is 0 Å². The van der Waals surface area contributed by atoms with Gasteiger partial charge >= 0.3 is 0 Å². The van der Waals surface area contributed by atoms with Crippen LogP contribution in [-0.2, 0) is 6.54 Å². The third-order valence-corrected chi connectivity index (χ3v) is 5.20. The molecule has 24 heavy (non-hydrogen) atoms.